The molecule has 6 aliphatic rings. The number of aliphatic hydroxyl groups excluding tert-OH is 2. The number of carbonyl (C=O) groups is 5. The molecule has 79 heavy (non-hydrogen) atoms. The second-order valence-electron chi connectivity index (χ2n) is 23.1. The van der Waals surface area contributed by atoms with Crippen LogP contribution in [0.3, 0.4) is 0 Å². The molecule has 2 aromatic carbocycles. The first-order valence-corrected chi connectivity index (χ1v) is 28.7. The number of fused-ring (bicyclic) bond motifs is 6. The Hall–Kier alpha value is -5.66. The van der Waals surface area contributed by atoms with Gasteiger partial charge in [0.25, 0.3) is 11.8 Å². The minimum atomic E-state index is -1.06. The van der Waals surface area contributed by atoms with Gasteiger partial charge in [-0.05, 0) is 132 Å². The average Bonchev–Trinajstić information content (AvgIpc) is 3.98. The fraction of sp³-hybridized carbons (Fsp3) is 0.590. The Labute approximate surface area is 471 Å². The SMILES string of the molecule is CC(C)=CCC/C(C)=C/CC[C@@]1(C)Oc2c(c(OC(=O)N3CCOCC3)cc3c2CN(CCC[C@@H](C(=O)S)N2Cc4c(cc(OC(=O)N5CCOCC5)c5c4O[C@](C)(CC/C=C(\C)CCC=C(C)C)[C@@H](O)C5)C2=O)C3=O)C[C@@H]1O. The second kappa shape index (κ2) is 25.9. The van der Waals surface area contributed by atoms with Gasteiger partial charge in [-0.1, -0.05) is 46.6 Å². The molecule has 0 radical (unpaired) electrons. The summed E-state index contributed by atoms with van der Waals surface area (Å²) in [4.78, 5) is 76.1. The molecule has 5 atom stereocenters. The molecule has 4 amide bonds. The smallest absolute Gasteiger partial charge is 0.415 e. The molecule has 18 heteroatoms. The maximum Gasteiger partial charge on any atom is 0.415 e. The summed E-state index contributed by atoms with van der Waals surface area (Å²) in [5.41, 5.74) is 5.62. The maximum atomic E-state index is 14.7. The fourth-order valence-corrected chi connectivity index (χ4v) is 11.6. The van der Waals surface area contributed by atoms with Crippen molar-refractivity contribution >= 4 is 41.7 Å². The normalized spacial score (nSPS) is 23.2. The summed E-state index contributed by atoms with van der Waals surface area (Å²) >= 11 is 4.32. The van der Waals surface area contributed by atoms with Gasteiger partial charge in [0, 0.05) is 67.8 Å². The van der Waals surface area contributed by atoms with Crippen molar-refractivity contribution < 1.29 is 62.6 Å². The number of carbonyl (C=O) groups excluding carboxylic acids is 5. The molecule has 2 fully saturated rings. The summed E-state index contributed by atoms with van der Waals surface area (Å²) in [7, 11) is 0. The van der Waals surface area contributed by atoms with Crippen molar-refractivity contribution in [2.24, 2.45) is 0 Å². The van der Waals surface area contributed by atoms with E-state index in [0.29, 0.717) is 124 Å². The van der Waals surface area contributed by atoms with Gasteiger partial charge in [0.2, 0.25) is 5.12 Å². The number of ether oxygens (including phenoxy) is 6. The van der Waals surface area contributed by atoms with Crippen molar-refractivity contribution in [3.05, 3.63) is 92.1 Å². The molecule has 2 N–H and O–H groups in total. The van der Waals surface area contributed by atoms with Crippen molar-refractivity contribution in [1.82, 2.24) is 19.6 Å². The van der Waals surface area contributed by atoms with Gasteiger partial charge in [-0.15, -0.1) is 12.6 Å². The van der Waals surface area contributed by atoms with Crippen molar-refractivity contribution in [3.63, 3.8) is 0 Å². The van der Waals surface area contributed by atoms with Gasteiger partial charge in [0.15, 0.2) is 0 Å². The van der Waals surface area contributed by atoms with Crippen LogP contribution in [-0.4, -0.2) is 148 Å². The Morgan fingerprint density at radius 2 is 1.10 bits per heavy atom. The van der Waals surface area contributed by atoms with Crippen LogP contribution in [-0.2, 0) is 40.2 Å². The Balaban J connectivity index is 1.01. The predicted molar refractivity (Wildman–Crippen MR) is 302 cm³/mol. The number of aliphatic hydroxyl groups is 2. The second-order valence-corrected chi connectivity index (χ2v) is 23.5. The molecule has 0 unspecified atom stereocenters. The molecule has 0 bridgehead atoms. The lowest BCUT2D eigenvalue weighted by Crippen LogP contribution is -2.49. The van der Waals surface area contributed by atoms with Gasteiger partial charge in [-0.3, -0.25) is 14.4 Å². The summed E-state index contributed by atoms with van der Waals surface area (Å²) in [6, 6.07) is 2.10. The minimum Gasteiger partial charge on any atom is -0.484 e. The first-order chi connectivity index (χ1) is 37.7. The molecule has 0 spiro atoms. The number of hydrogen-bond donors (Lipinski definition) is 3. The van der Waals surface area contributed by atoms with Gasteiger partial charge < -0.3 is 58.2 Å². The maximum absolute atomic E-state index is 14.7. The molecule has 8 rings (SSSR count). The number of rotatable bonds is 20. The van der Waals surface area contributed by atoms with Gasteiger partial charge in [0.05, 0.1) is 62.9 Å². The van der Waals surface area contributed by atoms with E-state index in [4.69, 9.17) is 28.4 Å². The van der Waals surface area contributed by atoms with E-state index in [1.807, 2.05) is 13.8 Å². The third-order valence-electron chi connectivity index (χ3n) is 16.4. The predicted octanol–water partition coefficient (Wildman–Crippen LogP) is 9.62. The standard InChI is InChI=1S/C61H82N4O13S/c1-38(2)14-9-16-40(5)18-11-21-60(7)51(66)34-44-49(75-58(71)62-24-28-73-29-25-62)32-42-46(53(44)77-60)36-64(55(42)68)23-13-20-48(57(70)79)65-37-47-43(56(65)69)33-50(76-59(72)63-26-30-74-31-27-63)45-35-52(67)61(8,78-54(45)47)22-12-19-41(6)17-10-15-39(3)4/h14-15,18-19,32-33,48,51-52,66-67H,9-13,16-17,20-31,34-37H2,1-8H3,(H,70,79)/b40-18+,41-19+/t48-,51-,52-,60+,61+/m0/s1. The highest BCUT2D eigenvalue weighted by Gasteiger charge is 2.48. The largest absolute Gasteiger partial charge is 0.484 e. The van der Waals surface area contributed by atoms with Crippen LogP contribution in [0.2, 0.25) is 0 Å². The van der Waals surface area contributed by atoms with Crippen LogP contribution < -0.4 is 18.9 Å². The summed E-state index contributed by atoms with van der Waals surface area (Å²) in [6.07, 6.45) is 12.4. The molecule has 0 saturated carbocycles. The lowest BCUT2D eigenvalue weighted by molar-refractivity contribution is -0.115. The summed E-state index contributed by atoms with van der Waals surface area (Å²) < 4.78 is 36.6. The number of hydrogen-bond acceptors (Lipinski definition) is 13. The van der Waals surface area contributed by atoms with Crippen molar-refractivity contribution in [3.8, 4) is 23.0 Å². The Morgan fingerprint density at radius 3 is 1.54 bits per heavy atom. The van der Waals surface area contributed by atoms with Crippen LogP contribution in [0.4, 0.5) is 9.59 Å². The zero-order valence-corrected chi connectivity index (χ0v) is 48.5. The van der Waals surface area contributed by atoms with Gasteiger partial charge in [0.1, 0.15) is 40.2 Å². The highest BCUT2D eigenvalue weighted by molar-refractivity contribution is 7.96. The Bertz CT molecular complexity index is 2770. The first kappa shape index (κ1) is 59.5. The number of nitrogens with zero attached hydrogens (tertiary/aromatic N) is 4. The average molecular weight is 1110 g/mol. The van der Waals surface area contributed by atoms with Gasteiger partial charge in [-0.25, -0.2) is 9.59 Å². The van der Waals surface area contributed by atoms with Crippen LogP contribution in [0.25, 0.3) is 0 Å². The van der Waals surface area contributed by atoms with Crippen LogP contribution in [0, 0.1) is 0 Å². The Morgan fingerprint density at radius 1 is 0.658 bits per heavy atom. The molecular weight excluding hydrogens is 1030 g/mol. The molecule has 2 aromatic rings. The molecular formula is C61H82N4O13S. The highest BCUT2D eigenvalue weighted by Crippen LogP contribution is 2.49. The van der Waals surface area contributed by atoms with Crippen LogP contribution >= 0.6 is 12.6 Å². The van der Waals surface area contributed by atoms with E-state index in [0.717, 1.165) is 25.7 Å². The van der Waals surface area contributed by atoms with Gasteiger partial charge >= 0.3 is 12.2 Å². The molecule has 2 saturated heterocycles. The van der Waals surface area contributed by atoms with Crippen LogP contribution in [0.1, 0.15) is 163 Å². The van der Waals surface area contributed by atoms with Crippen molar-refractivity contribution in [2.75, 3.05) is 59.2 Å². The molecule has 6 heterocycles. The third kappa shape index (κ3) is 13.9. The van der Waals surface area contributed by atoms with E-state index < -0.39 is 52.7 Å². The first-order valence-electron chi connectivity index (χ1n) is 28.3. The molecule has 6 aliphatic heterocycles. The van der Waals surface area contributed by atoms with E-state index in [2.05, 4.69) is 78.5 Å². The molecule has 430 valence electrons. The number of thiol groups is 1. The highest BCUT2D eigenvalue weighted by atomic mass is 32.1. The van der Waals surface area contributed by atoms with Crippen LogP contribution in [0.15, 0.2) is 58.7 Å². The summed E-state index contributed by atoms with van der Waals surface area (Å²) in [6.45, 7) is 19.5. The lowest BCUT2D eigenvalue weighted by atomic mass is 9.84. The monoisotopic (exact) mass is 1110 g/mol. The van der Waals surface area contributed by atoms with E-state index >= 15 is 0 Å². The quantitative estimate of drug-likeness (QED) is 0.0839. The fourth-order valence-electron chi connectivity index (χ4n) is 11.4. The summed E-state index contributed by atoms with van der Waals surface area (Å²) in [5, 5.41) is 23.0. The van der Waals surface area contributed by atoms with E-state index in [1.54, 1.807) is 15.9 Å². The summed E-state index contributed by atoms with van der Waals surface area (Å²) in [5.74, 6) is 0.259. The van der Waals surface area contributed by atoms with Gasteiger partial charge in [-0.2, -0.15) is 0 Å². The number of benzene rings is 2. The zero-order chi connectivity index (χ0) is 56.8. The zero-order valence-electron chi connectivity index (χ0n) is 47.6. The van der Waals surface area contributed by atoms with Crippen LogP contribution in [0.5, 0.6) is 23.0 Å². The van der Waals surface area contributed by atoms with Crippen molar-refractivity contribution in [2.45, 2.75) is 175 Å². The van der Waals surface area contributed by atoms with E-state index in [1.165, 1.54) is 38.2 Å². The van der Waals surface area contributed by atoms with E-state index in [9.17, 15) is 34.2 Å². The van der Waals surface area contributed by atoms with Crippen molar-refractivity contribution in [1.29, 1.82) is 0 Å². The topological polar surface area (TPSA) is 194 Å². The number of allylic oxidation sites excluding steroid dienone is 8. The number of morpholine rings is 2. The molecule has 0 aliphatic carbocycles. The number of amides is 4. The molecule has 0 aromatic heterocycles. The Kier molecular flexibility index (Phi) is 19.5. The molecule has 17 nitrogen and oxygen atoms in total. The third-order valence-corrected chi connectivity index (χ3v) is 16.7. The van der Waals surface area contributed by atoms with E-state index in [-0.39, 0.29) is 61.9 Å². The minimum absolute atomic E-state index is 0.0000940. The lowest BCUT2D eigenvalue weighted by Gasteiger charge is -2.41.